The monoisotopic (exact) mass is 356 g/mol. The van der Waals surface area contributed by atoms with Crippen LogP contribution in [0.3, 0.4) is 0 Å². The van der Waals surface area contributed by atoms with Crippen molar-refractivity contribution < 1.29 is 28.6 Å². The molecule has 0 aliphatic rings. The quantitative estimate of drug-likeness (QED) is 0.577. The SMILES string of the molecule is COc1cccc(OC([C]=O)(Oc2cccc(NC(C)=O)c2)C(C)=O)c1. The Bertz CT molecular complexity index is 819. The second-order valence-corrected chi connectivity index (χ2v) is 5.37. The van der Waals surface area contributed by atoms with Gasteiger partial charge < -0.3 is 19.5 Å². The molecule has 0 heterocycles. The van der Waals surface area contributed by atoms with Gasteiger partial charge in [-0.25, -0.2) is 0 Å². The lowest BCUT2D eigenvalue weighted by Crippen LogP contribution is -2.50. The highest BCUT2D eigenvalue weighted by Crippen LogP contribution is 2.27. The van der Waals surface area contributed by atoms with Gasteiger partial charge in [0.2, 0.25) is 11.7 Å². The zero-order chi connectivity index (χ0) is 19.2. The van der Waals surface area contributed by atoms with Crippen LogP contribution in [0.1, 0.15) is 13.8 Å². The van der Waals surface area contributed by atoms with Gasteiger partial charge in [-0.15, -0.1) is 0 Å². The minimum absolute atomic E-state index is 0.151. The van der Waals surface area contributed by atoms with Crippen molar-refractivity contribution in [3.05, 3.63) is 48.5 Å². The smallest absolute Gasteiger partial charge is 0.381 e. The van der Waals surface area contributed by atoms with Crippen LogP contribution < -0.4 is 19.5 Å². The zero-order valence-corrected chi connectivity index (χ0v) is 14.6. The number of ketones is 1. The van der Waals surface area contributed by atoms with Gasteiger partial charge in [0, 0.05) is 31.7 Å². The number of carbonyl (C=O) groups excluding carboxylic acids is 3. The number of methoxy groups -OCH3 is 1. The second-order valence-electron chi connectivity index (χ2n) is 5.37. The van der Waals surface area contributed by atoms with Crippen LogP contribution in [0, 0.1) is 0 Å². The van der Waals surface area contributed by atoms with Crippen LogP contribution >= 0.6 is 0 Å². The number of rotatable bonds is 8. The van der Waals surface area contributed by atoms with Crippen LogP contribution in [0.2, 0.25) is 0 Å². The molecule has 7 nitrogen and oxygen atoms in total. The Morgan fingerprint density at radius 1 is 0.962 bits per heavy atom. The summed E-state index contributed by atoms with van der Waals surface area (Å²) in [5.41, 5.74) is 0.444. The number of Topliss-reactive ketones (excluding diaryl/α,β-unsaturated/α-hetero) is 1. The topological polar surface area (TPSA) is 90.9 Å². The van der Waals surface area contributed by atoms with Crippen LogP contribution in [0.25, 0.3) is 0 Å². The zero-order valence-electron chi connectivity index (χ0n) is 14.6. The number of hydrogen-bond acceptors (Lipinski definition) is 6. The third-order valence-corrected chi connectivity index (χ3v) is 3.32. The van der Waals surface area contributed by atoms with Crippen LogP contribution in [-0.2, 0) is 14.4 Å². The molecular weight excluding hydrogens is 338 g/mol. The van der Waals surface area contributed by atoms with E-state index in [1.54, 1.807) is 30.3 Å². The summed E-state index contributed by atoms with van der Waals surface area (Å²) >= 11 is 0. The van der Waals surface area contributed by atoms with Crippen molar-refractivity contribution in [3.8, 4) is 17.2 Å². The number of carbonyl (C=O) groups is 2. The number of benzene rings is 2. The summed E-state index contributed by atoms with van der Waals surface area (Å²) in [4.78, 5) is 34.9. The molecule has 2 aromatic rings. The summed E-state index contributed by atoms with van der Waals surface area (Å²) in [7, 11) is 1.48. The first kappa shape index (κ1) is 19.0. The molecule has 0 bridgehead atoms. The Balaban J connectivity index is 2.33. The molecular formula is C19H18NO6. The van der Waals surface area contributed by atoms with Crippen molar-refractivity contribution >= 4 is 23.7 Å². The van der Waals surface area contributed by atoms with Crippen molar-refractivity contribution in [1.29, 1.82) is 0 Å². The predicted octanol–water partition coefficient (Wildman–Crippen LogP) is 2.51. The van der Waals surface area contributed by atoms with Crippen LogP contribution in [0.15, 0.2) is 48.5 Å². The second kappa shape index (κ2) is 8.15. The third kappa shape index (κ3) is 4.60. The summed E-state index contributed by atoms with van der Waals surface area (Å²) in [6.45, 7) is 2.52. The highest BCUT2D eigenvalue weighted by atomic mass is 16.7. The fraction of sp³-hybridized carbons (Fsp3) is 0.211. The molecule has 0 aliphatic heterocycles. The summed E-state index contributed by atoms with van der Waals surface area (Å²) in [6, 6.07) is 12.6. The Hall–Kier alpha value is -3.35. The Labute approximate surface area is 150 Å². The highest BCUT2D eigenvalue weighted by Gasteiger charge is 2.42. The highest BCUT2D eigenvalue weighted by molar-refractivity contribution is 5.99. The minimum Gasteiger partial charge on any atom is -0.497 e. The van der Waals surface area contributed by atoms with Crippen molar-refractivity contribution in [2.75, 3.05) is 12.4 Å². The van der Waals surface area contributed by atoms with Gasteiger partial charge in [-0.2, -0.15) is 0 Å². The number of nitrogens with one attached hydrogen (secondary N) is 1. The van der Waals surface area contributed by atoms with Gasteiger partial charge in [0.25, 0.3) is 6.29 Å². The van der Waals surface area contributed by atoms with Gasteiger partial charge in [0.15, 0.2) is 0 Å². The molecule has 7 heteroatoms. The number of amides is 1. The standard InChI is InChI=1S/C19H18NO6/c1-13(22)19(12-21,26-18-9-5-7-16(11-18)24-3)25-17-8-4-6-15(10-17)20-14(2)23/h4-11H,1-3H3,(H,20,23). The van der Waals surface area contributed by atoms with Gasteiger partial charge >= 0.3 is 5.79 Å². The van der Waals surface area contributed by atoms with E-state index in [1.165, 1.54) is 38.5 Å². The molecule has 0 spiro atoms. The van der Waals surface area contributed by atoms with Crippen molar-refractivity contribution in [3.63, 3.8) is 0 Å². The predicted molar refractivity (Wildman–Crippen MR) is 94.1 cm³/mol. The average Bonchev–Trinajstić information content (AvgIpc) is 2.60. The number of anilines is 1. The molecule has 1 N–H and O–H groups in total. The molecule has 0 fully saturated rings. The molecule has 1 unspecified atom stereocenters. The molecule has 2 rings (SSSR count). The van der Waals surface area contributed by atoms with E-state index in [0.717, 1.165) is 6.92 Å². The fourth-order valence-electron chi connectivity index (χ4n) is 2.12. The van der Waals surface area contributed by atoms with E-state index in [0.29, 0.717) is 11.4 Å². The van der Waals surface area contributed by atoms with E-state index < -0.39 is 11.6 Å². The first-order chi connectivity index (χ1) is 12.4. The van der Waals surface area contributed by atoms with Gasteiger partial charge in [0.05, 0.1) is 7.11 Å². The Morgan fingerprint density at radius 3 is 2.08 bits per heavy atom. The molecule has 0 aliphatic carbocycles. The van der Waals surface area contributed by atoms with Crippen molar-refractivity contribution in [1.82, 2.24) is 0 Å². The largest absolute Gasteiger partial charge is 0.497 e. The van der Waals surface area contributed by atoms with E-state index in [-0.39, 0.29) is 17.4 Å². The molecule has 1 radical (unpaired) electrons. The normalized spacial score (nSPS) is 12.4. The van der Waals surface area contributed by atoms with E-state index in [9.17, 15) is 14.4 Å². The van der Waals surface area contributed by atoms with E-state index in [2.05, 4.69) is 5.32 Å². The summed E-state index contributed by atoms with van der Waals surface area (Å²) < 4.78 is 16.1. The Kier molecular flexibility index (Phi) is 5.95. The molecule has 2 aromatic carbocycles. The fourth-order valence-corrected chi connectivity index (χ4v) is 2.12. The lowest BCUT2D eigenvalue weighted by Gasteiger charge is -2.26. The molecule has 1 amide bonds. The maximum Gasteiger partial charge on any atom is 0.381 e. The summed E-state index contributed by atoms with van der Waals surface area (Å²) in [6.07, 6.45) is 1.54. The molecule has 0 saturated heterocycles. The van der Waals surface area contributed by atoms with Gasteiger partial charge in [0.1, 0.15) is 17.2 Å². The molecule has 0 aromatic heterocycles. The first-order valence-corrected chi connectivity index (χ1v) is 7.68. The maximum atomic E-state index is 12.1. The maximum absolute atomic E-state index is 12.1. The molecule has 26 heavy (non-hydrogen) atoms. The van der Waals surface area contributed by atoms with Gasteiger partial charge in [-0.3, -0.25) is 14.4 Å². The van der Waals surface area contributed by atoms with E-state index in [1.807, 2.05) is 0 Å². The minimum atomic E-state index is -2.29. The number of ether oxygens (including phenoxy) is 3. The van der Waals surface area contributed by atoms with Gasteiger partial charge in [-0.05, 0) is 24.3 Å². The molecule has 135 valence electrons. The van der Waals surface area contributed by atoms with Crippen molar-refractivity contribution in [2.24, 2.45) is 0 Å². The summed E-state index contributed by atoms with van der Waals surface area (Å²) in [5, 5.41) is 2.58. The van der Waals surface area contributed by atoms with Crippen molar-refractivity contribution in [2.45, 2.75) is 19.6 Å². The lowest BCUT2D eigenvalue weighted by molar-refractivity contribution is -0.145. The first-order valence-electron chi connectivity index (χ1n) is 7.68. The van der Waals surface area contributed by atoms with Crippen LogP contribution in [0.5, 0.6) is 17.2 Å². The lowest BCUT2D eigenvalue weighted by atomic mass is 10.2. The van der Waals surface area contributed by atoms with Crippen LogP contribution in [-0.4, -0.2) is 30.9 Å². The molecule has 0 saturated carbocycles. The van der Waals surface area contributed by atoms with Crippen LogP contribution in [0.4, 0.5) is 5.69 Å². The Morgan fingerprint density at radius 2 is 1.54 bits per heavy atom. The van der Waals surface area contributed by atoms with Gasteiger partial charge in [-0.1, -0.05) is 12.1 Å². The molecule has 1 atom stereocenters. The summed E-state index contributed by atoms with van der Waals surface area (Å²) in [5.74, 6) is -2.42. The average molecular weight is 356 g/mol. The van der Waals surface area contributed by atoms with E-state index in [4.69, 9.17) is 14.2 Å². The third-order valence-electron chi connectivity index (χ3n) is 3.32. The van der Waals surface area contributed by atoms with E-state index >= 15 is 0 Å². The number of hydrogen-bond donors (Lipinski definition) is 1.